The topological polar surface area (TPSA) is 66.5 Å². The molecule has 3 rings (SSSR count). The van der Waals surface area contributed by atoms with Gasteiger partial charge in [-0.05, 0) is 36.3 Å². The van der Waals surface area contributed by atoms with Gasteiger partial charge >= 0.3 is 6.03 Å². The molecule has 2 heterocycles. The van der Waals surface area contributed by atoms with Gasteiger partial charge in [0.25, 0.3) is 0 Å². The van der Waals surface area contributed by atoms with E-state index in [2.05, 4.69) is 33.5 Å². The fraction of sp³-hybridized carbons (Fsp3) is 0.684. The maximum atomic E-state index is 12.3. The lowest BCUT2D eigenvalue weighted by Crippen LogP contribution is -2.48. The van der Waals surface area contributed by atoms with Crippen LogP contribution < -0.4 is 10.6 Å². The monoisotopic (exact) mass is 346 g/mol. The third-order valence-electron chi connectivity index (χ3n) is 5.80. The SMILES string of the molecule is CCC1(CNC(=O)NCC(c2cccnc2)N2CCOCC2)CCC1. The van der Waals surface area contributed by atoms with Crippen LogP contribution in [0.2, 0.25) is 0 Å². The van der Waals surface area contributed by atoms with E-state index in [-0.39, 0.29) is 12.1 Å². The number of nitrogens with one attached hydrogen (secondary N) is 2. The van der Waals surface area contributed by atoms with Gasteiger partial charge in [0.05, 0.1) is 19.3 Å². The molecule has 0 radical (unpaired) electrons. The van der Waals surface area contributed by atoms with Crippen LogP contribution in [-0.4, -0.2) is 55.3 Å². The number of nitrogens with zero attached hydrogens (tertiary/aromatic N) is 2. The van der Waals surface area contributed by atoms with E-state index in [4.69, 9.17) is 4.74 Å². The van der Waals surface area contributed by atoms with Crippen LogP contribution in [0, 0.1) is 5.41 Å². The number of ether oxygens (including phenoxy) is 1. The van der Waals surface area contributed by atoms with Crippen molar-refractivity contribution in [3.05, 3.63) is 30.1 Å². The Morgan fingerprint density at radius 3 is 2.76 bits per heavy atom. The lowest BCUT2D eigenvalue weighted by molar-refractivity contribution is 0.0166. The van der Waals surface area contributed by atoms with Crippen molar-refractivity contribution in [2.45, 2.75) is 38.6 Å². The fourth-order valence-corrected chi connectivity index (χ4v) is 3.77. The number of pyridine rings is 1. The molecule has 25 heavy (non-hydrogen) atoms. The molecule has 2 N–H and O–H groups in total. The maximum absolute atomic E-state index is 12.3. The van der Waals surface area contributed by atoms with Crippen molar-refractivity contribution < 1.29 is 9.53 Å². The van der Waals surface area contributed by atoms with Crippen molar-refractivity contribution >= 4 is 6.03 Å². The predicted octanol–water partition coefficient (Wildman–Crippen LogP) is 2.33. The first-order valence-electron chi connectivity index (χ1n) is 9.46. The Kier molecular flexibility index (Phi) is 6.26. The first-order chi connectivity index (χ1) is 12.2. The second-order valence-electron chi connectivity index (χ2n) is 7.22. The minimum absolute atomic E-state index is 0.0677. The molecule has 6 nitrogen and oxygen atoms in total. The smallest absolute Gasteiger partial charge is 0.314 e. The van der Waals surface area contributed by atoms with Gasteiger partial charge in [0.15, 0.2) is 0 Å². The minimum atomic E-state index is -0.0677. The zero-order chi connectivity index (χ0) is 17.5. The molecule has 6 heteroatoms. The second kappa shape index (κ2) is 8.63. The van der Waals surface area contributed by atoms with Crippen LogP contribution in [-0.2, 0) is 4.74 Å². The fourth-order valence-electron chi connectivity index (χ4n) is 3.77. The van der Waals surface area contributed by atoms with Gasteiger partial charge in [-0.1, -0.05) is 19.4 Å². The molecule has 2 fully saturated rings. The van der Waals surface area contributed by atoms with E-state index in [1.807, 2.05) is 12.3 Å². The summed E-state index contributed by atoms with van der Waals surface area (Å²) in [6.45, 7) is 6.81. The van der Waals surface area contributed by atoms with Gasteiger partial charge in [-0.2, -0.15) is 0 Å². The quantitative estimate of drug-likeness (QED) is 0.795. The van der Waals surface area contributed by atoms with Crippen molar-refractivity contribution in [1.82, 2.24) is 20.5 Å². The predicted molar refractivity (Wildman–Crippen MR) is 97.3 cm³/mol. The Hall–Kier alpha value is -1.66. The number of morpholine rings is 1. The Balaban J connectivity index is 1.54. The Morgan fingerprint density at radius 2 is 2.16 bits per heavy atom. The van der Waals surface area contributed by atoms with Crippen molar-refractivity contribution in [2.75, 3.05) is 39.4 Å². The summed E-state index contributed by atoms with van der Waals surface area (Å²) in [5.41, 5.74) is 1.47. The Labute approximate surface area is 150 Å². The zero-order valence-electron chi connectivity index (χ0n) is 15.2. The van der Waals surface area contributed by atoms with Gasteiger partial charge in [-0.25, -0.2) is 4.79 Å². The van der Waals surface area contributed by atoms with E-state index in [0.717, 1.165) is 44.8 Å². The number of hydrogen-bond acceptors (Lipinski definition) is 4. The number of urea groups is 1. The molecular weight excluding hydrogens is 316 g/mol. The van der Waals surface area contributed by atoms with Crippen LogP contribution in [0.4, 0.5) is 4.79 Å². The van der Waals surface area contributed by atoms with Gasteiger partial charge in [0.2, 0.25) is 0 Å². The number of rotatable bonds is 7. The highest BCUT2D eigenvalue weighted by Gasteiger charge is 2.35. The molecule has 0 bridgehead atoms. The highest BCUT2D eigenvalue weighted by Crippen LogP contribution is 2.42. The summed E-state index contributed by atoms with van der Waals surface area (Å²) in [6, 6.07) is 4.09. The van der Waals surface area contributed by atoms with Crippen LogP contribution in [0.3, 0.4) is 0 Å². The Bertz CT molecular complexity index is 536. The largest absolute Gasteiger partial charge is 0.379 e. The van der Waals surface area contributed by atoms with E-state index >= 15 is 0 Å². The van der Waals surface area contributed by atoms with Crippen LogP contribution in [0.5, 0.6) is 0 Å². The molecule has 1 atom stereocenters. The van der Waals surface area contributed by atoms with E-state index in [1.54, 1.807) is 6.20 Å². The highest BCUT2D eigenvalue weighted by atomic mass is 16.5. The van der Waals surface area contributed by atoms with Gasteiger partial charge in [0.1, 0.15) is 0 Å². The number of aromatic nitrogens is 1. The molecule has 2 amide bonds. The van der Waals surface area contributed by atoms with Crippen molar-refractivity contribution in [2.24, 2.45) is 5.41 Å². The molecule has 138 valence electrons. The van der Waals surface area contributed by atoms with Gasteiger partial charge < -0.3 is 15.4 Å². The molecule has 1 saturated carbocycles. The first-order valence-corrected chi connectivity index (χ1v) is 9.46. The summed E-state index contributed by atoms with van der Waals surface area (Å²) in [5, 5.41) is 6.14. The molecule has 1 aliphatic heterocycles. The zero-order valence-corrected chi connectivity index (χ0v) is 15.2. The molecule has 1 aliphatic carbocycles. The number of amides is 2. The molecule has 1 aromatic rings. The second-order valence-corrected chi connectivity index (χ2v) is 7.22. The highest BCUT2D eigenvalue weighted by molar-refractivity contribution is 5.73. The van der Waals surface area contributed by atoms with Crippen LogP contribution in [0.15, 0.2) is 24.5 Å². The number of hydrogen-bond donors (Lipinski definition) is 2. The van der Waals surface area contributed by atoms with Gasteiger partial charge in [-0.15, -0.1) is 0 Å². The summed E-state index contributed by atoms with van der Waals surface area (Å²) in [5.74, 6) is 0. The van der Waals surface area contributed by atoms with Crippen molar-refractivity contribution in [3.63, 3.8) is 0 Å². The minimum Gasteiger partial charge on any atom is -0.379 e. The van der Waals surface area contributed by atoms with E-state index < -0.39 is 0 Å². The average molecular weight is 346 g/mol. The summed E-state index contributed by atoms with van der Waals surface area (Å²) >= 11 is 0. The lowest BCUT2D eigenvalue weighted by atomic mass is 9.67. The van der Waals surface area contributed by atoms with Crippen molar-refractivity contribution in [3.8, 4) is 0 Å². The standard InChI is InChI=1S/C19H30N4O2/c1-2-19(6-4-7-19)15-22-18(24)21-14-17(16-5-3-8-20-13-16)23-9-11-25-12-10-23/h3,5,8,13,17H,2,4,6-7,9-12,14-15H2,1H3,(H2,21,22,24). The molecule has 1 unspecified atom stereocenters. The molecule has 0 aromatic carbocycles. The summed E-state index contributed by atoms with van der Waals surface area (Å²) < 4.78 is 5.46. The average Bonchev–Trinajstić information content (AvgIpc) is 2.63. The summed E-state index contributed by atoms with van der Waals surface area (Å²) in [7, 11) is 0. The number of carbonyl (C=O) groups is 1. The first kappa shape index (κ1) is 18.1. The summed E-state index contributed by atoms with van der Waals surface area (Å²) in [4.78, 5) is 18.9. The molecule has 1 aromatic heterocycles. The molecule has 0 spiro atoms. The van der Waals surface area contributed by atoms with Crippen molar-refractivity contribution in [1.29, 1.82) is 0 Å². The van der Waals surface area contributed by atoms with E-state index in [9.17, 15) is 4.79 Å². The molecular formula is C19H30N4O2. The van der Waals surface area contributed by atoms with Crippen LogP contribution in [0.1, 0.15) is 44.2 Å². The van der Waals surface area contributed by atoms with Gasteiger partial charge in [-0.3, -0.25) is 9.88 Å². The Morgan fingerprint density at radius 1 is 1.36 bits per heavy atom. The van der Waals surface area contributed by atoms with E-state index in [0.29, 0.717) is 12.0 Å². The maximum Gasteiger partial charge on any atom is 0.314 e. The molecule has 1 saturated heterocycles. The molecule has 2 aliphatic rings. The number of carbonyl (C=O) groups excluding carboxylic acids is 1. The van der Waals surface area contributed by atoms with Gasteiger partial charge in [0, 0.05) is 38.6 Å². The third-order valence-corrected chi connectivity index (χ3v) is 5.80. The van der Waals surface area contributed by atoms with E-state index in [1.165, 1.54) is 19.3 Å². The lowest BCUT2D eigenvalue weighted by Gasteiger charge is -2.41. The summed E-state index contributed by atoms with van der Waals surface area (Å²) in [6.07, 6.45) is 8.56. The third kappa shape index (κ3) is 4.70. The van der Waals surface area contributed by atoms with Crippen LogP contribution in [0.25, 0.3) is 0 Å². The normalized spacial score (nSPS) is 21.2. The van der Waals surface area contributed by atoms with Crippen LogP contribution >= 0.6 is 0 Å².